The Bertz CT molecular complexity index is 429. The Morgan fingerprint density at radius 2 is 1.45 bits per heavy atom. The average Bonchev–Trinajstić information content (AvgIpc) is 2.37. The van der Waals surface area contributed by atoms with E-state index in [2.05, 4.69) is 56.4 Å². The fraction of sp³-hybridized carbons (Fsp3) is 0.765. The van der Waals surface area contributed by atoms with Crippen LogP contribution in [0.25, 0.3) is 0 Å². The van der Waals surface area contributed by atoms with Crippen LogP contribution in [0.15, 0.2) is 12.4 Å². The number of nitrogens with zero attached hydrogens (tertiary/aromatic N) is 3. The zero-order valence-corrected chi connectivity index (χ0v) is 13.9. The summed E-state index contributed by atoms with van der Waals surface area (Å²) in [6.07, 6.45) is 6.52. The molecule has 0 N–H and O–H groups in total. The number of hydrogen-bond acceptors (Lipinski definition) is 3. The zero-order chi connectivity index (χ0) is 15.0. The van der Waals surface area contributed by atoms with E-state index in [1.54, 1.807) is 0 Å². The molecule has 3 heteroatoms. The van der Waals surface area contributed by atoms with Gasteiger partial charge in [-0.25, -0.2) is 9.97 Å². The van der Waals surface area contributed by atoms with Gasteiger partial charge in [-0.15, -0.1) is 0 Å². The van der Waals surface area contributed by atoms with E-state index in [0.29, 0.717) is 5.41 Å². The van der Waals surface area contributed by atoms with Crippen LogP contribution in [-0.2, 0) is 5.41 Å². The van der Waals surface area contributed by atoms with Gasteiger partial charge in [0.2, 0.25) is 0 Å². The van der Waals surface area contributed by atoms with E-state index in [-0.39, 0.29) is 5.41 Å². The molecule has 0 bridgehead atoms. The van der Waals surface area contributed by atoms with E-state index in [0.717, 1.165) is 24.8 Å². The molecule has 2 heterocycles. The summed E-state index contributed by atoms with van der Waals surface area (Å²) in [5, 5.41) is 0. The summed E-state index contributed by atoms with van der Waals surface area (Å²) in [5.41, 5.74) is 1.63. The highest BCUT2D eigenvalue weighted by molar-refractivity contribution is 5.42. The highest BCUT2D eigenvalue weighted by Crippen LogP contribution is 2.35. The summed E-state index contributed by atoms with van der Waals surface area (Å²) < 4.78 is 0. The summed E-state index contributed by atoms with van der Waals surface area (Å²) in [4.78, 5) is 11.5. The second-order valence-corrected chi connectivity index (χ2v) is 8.14. The van der Waals surface area contributed by atoms with Crippen molar-refractivity contribution in [1.29, 1.82) is 0 Å². The van der Waals surface area contributed by atoms with Gasteiger partial charge in [0.05, 0.1) is 18.1 Å². The highest BCUT2D eigenvalue weighted by atomic mass is 15.1. The molecule has 0 atom stereocenters. The van der Waals surface area contributed by atoms with Gasteiger partial charge in [-0.2, -0.15) is 0 Å². The lowest BCUT2D eigenvalue weighted by molar-refractivity contribution is 0.199. The normalized spacial score (nSPS) is 18.4. The van der Waals surface area contributed by atoms with Crippen LogP contribution in [0.4, 0.5) is 5.69 Å². The third-order valence-corrected chi connectivity index (χ3v) is 4.39. The molecule has 0 unspecified atom stereocenters. The van der Waals surface area contributed by atoms with Crippen LogP contribution in [-0.4, -0.2) is 23.1 Å². The Labute approximate surface area is 123 Å². The molecule has 1 saturated heterocycles. The number of rotatable bonds is 1. The average molecular weight is 275 g/mol. The van der Waals surface area contributed by atoms with Crippen LogP contribution < -0.4 is 4.90 Å². The summed E-state index contributed by atoms with van der Waals surface area (Å²) in [6, 6.07) is 0. The molecule has 1 aromatic heterocycles. The topological polar surface area (TPSA) is 29.0 Å². The molecule has 3 nitrogen and oxygen atoms in total. The highest BCUT2D eigenvalue weighted by Gasteiger charge is 2.29. The van der Waals surface area contributed by atoms with Crippen molar-refractivity contribution in [3.05, 3.63) is 18.2 Å². The molecule has 0 amide bonds. The van der Waals surface area contributed by atoms with Gasteiger partial charge in [-0.1, -0.05) is 41.5 Å². The van der Waals surface area contributed by atoms with Crippen LogP contribution in [0, 0.1) is 11.3 Å². The molecule has 0 aliphatic carbocycles. The fourth-order valence-corrected chi connectivity index (χ4v) is 2.88. The van der Waals surface area contributed by atoms with Crippen molar-refractivity contribution in [2.24, 2.45) is 11.3 Å². The van der Waals surface area contributed by atoms with Gasteiger partial charge in [0.25, 0.3) is 0 Å². The van der Waals surface area contributed by atoms with Crippen LogP contribution in [0.2, 0.25) is 0 Å². The van der Waals surface area contributed by atoms with Crippen LogP contribution >= 0.6 is 0 Å². The Balaban J connectivity index is 2.01. The van der Waals surface area contributed by atoms with Crippen molar-refractivity contribution in [2.45, 2.75) is 59.8 Å². The summed E-state index contributed by atoms with van der Waals surface area (Å²) in [7, 11) is 0. The fourth-order valence-electron chi connectivity index (χ4n) is 2.88. The molecule has 2 rings (SSSR count). The molecule has 0 radical (unpaired) electrons. The third kappa shape index (κ3) is 3.50. The number of hydrogen-bond donors (Lipinski definition) is 0. The summed E-state index contributed by atoms with van der Waals surface area (Å²) in [6.45, 7) is 15.8. The van der Waals surface area contributed by atoms with Crippen molar-refractivity contribution in [1.82, 2.24) is 9.97 Å². The first-order valence-electron chi connectivity index (χ1n) is 7.75. The SMILES string of the molecule is CC(C)(C)c1ncc(N2CCC(C(C)(C)C)CC2)cn1. The van der Waals surface area contributed by atoms with Crippen LogP contribution in [0.3, 0.4) is 0 Å². The second kappa shape index (κ2) is 5.34. The van der Waals surface area contributed by atoms with Crippen molar-refractivity contribution in [2.75, 3.05) is 18.0 Å². The maximum atomic E-state index is 4.54. The van der Waals surface area contributed by atoms with Crippen LogP contribution in [0.5, 0.6) is 0 Å². The predicted octanol–water partition coefficient (Wildman–Crippen LogP) is 4.04. The Morgan fingerprint density at radius 1 is 0.950 bits per heavy atom. The van der Waals surface area contributed by atoms with E-state index in [4.69, 9.17) is 0 Å². The monoisotopic (exact) mass is 275 g/mol. The van der Waals surface area contributed by atoms with E-state index >= 15 is 0 Å². The molecule has 1 aliphatic heterocycles. The Morgan fingerprint density at radius 3 is 1.85 bits per heavy atom. The Hall–Kier alpha value is -1.12. The lowest BCUT2D eigenvalue weighted by Gasteiger charge is -2.39. The summed E-state index contributed by atoms with van der Waals surface area (Å²) in [5.74, 6) is 1.75. The van der Waals surface area contributed by atoms with Gasteiger partial charge < -0.3 is 4.90 Å². The molecule has 0 aromatic carbocycles. The van der Waals surface area contributed by atoms with Crippen molar-refractivity contribution < 1.29 is 0 Å². The van der Waals surface area contributed by atoms with Gasteiger partial charge in [0.15, 0.2) is 0 Å². The zero-order valence-electron chi connectivity index (χ0n) is 13.9. The molecule has 1 aromatic rings. The third-order valence-electron chi connectivity index (χ3n) is 4.39. The van der Waals surface area contributed by atoms with E-state index < -0.39 is 0 Å². The number of anilines is 1. The molecule has 20 heavy (non-hydrogen) atoms. The first-order chi connectivity index (χ1) is 9.18. The smallest absolute Gasteiger partial charge is 0.133 e. The van der Waals surface area contributed by atoms with Crippen LogP contribution in [0.1, 0.15) is 60.2 Å². The molecule has 0 saturated carbocycles. The number of aromatic nitrogens is 2. The van der Waals surface area contributed by atoms with Gasteiger partial charge in [-0.05, 0) is 24.2 Å². The molecular formula is C17H29N3. The molecule has 1 aliphatic rings. The molecule has 1 fully saturated rings. The van der Waals surface area contributed by atoms with Crippen molar-refractivity contribution in [3.8, 4) is 0 Å². The first-order valence-corrected chi connectivity index (χ1v) is 7.75. The molecule has 112 valence electrons. The standard InChI is InChI=1S/C17H29N3/c1-16(2,3)13-7-9-20(10-8-13)14-11-18-15(19-12-14)17(4,5)6/h11-13H,7-10H2,1-6H3. The largest absolute Gasteiger partial charge is 0.369 e. The van der Waals surface area contributed by atoms with Gasteiger partial charge in [0, 0.05) is 18.5 Å². The van der Waals surface area contributed by atoms with E-state index in [1.807, 2.05) is 12.4 Å². The maximum absolute atomic E-state index is 4.54. The minimum atomic E-state index is 0.0256. The lowest BCUT2D eigenvalue weighted by atomic mass is 9.75. The van der Waals surface area contributed by atoms with E-state index in [9.17, 15) is 0 Å². The Kier molecular flexibility index (Phi) is 4.08. The summed E-state index contributed by atoms with van der Waals surface area (Å²) >= 11 is 0. The van der Waals surface area contributed by atoms with Crippen molar-refractivity contribution in [3.63, 3.8) is 0 Å². The number of piperidine rings is 1. The maximum Gasteiger partial charge on any atom is 0.133 e. The van der Waals surface area contributed by atoms with Gasteiger partial charge in [0.1, 0.15) is 5.82 Å². The minimum absolute atomic E-state index is 0.0256. The second-order valence-electron chi connectivity index (χ2n) is 8.14. The molecular weight excluding hydrogens is 246 g/mol. The van der Waals surface area contributed by atoms with Gasteiger partial charge in [-0.3, -0.25) is 0 Å². The minimum Gasteiger partial charge on any atom is -0.369 e. The van der Waals surface area contributed by atoms with E-state index in [1.165, 1.54) is 18.5 Å². The quantitative estimate of drug-likeness (QED) is 0.774. The molecule has 0 spiro atoms. The van der Waals surface area contributed by atoms with Crippen molar-refractivity contribution >= 4 is 5.69 Å². The first kappa shape index (κ1) is 15.3. The lowest BCUT2D eigenvalue weighted by Crippen LogP contribution is -2.38. The van der Waals surface area contributed by atoms with Gasteiger partial charge >= 0.3 is 0 Å². The predicted molar refractivity (Wildman–Crippen MR) is 85.1 cm³/mol.